The molecule has 0 spiro atoms. The van der Waals surface area contributed by atoms with Gasteiger partial charge in [-0.05, 0) is 76.2 Å². The van der Waals surface area contributed by atoms with Gasteiger partial charge in [0.25, 0.3) is 0 Å². The van der Waals surface area contributed by atoms with Crippen LogP contribution in [0.3, 0.4) is 0 Å². The Balaban J connectivity index is 1.00. The Hall–Kier alpha value is -7.88. The van der Waals surface area contributed by atoms with Gasteiger partial charge in [0.15, 0.2) is 0 Å². The molecule has 2 amide bonds. The zero-order valence-electron chi connectivity index (χ0n) is 32.7. The van der Waals surface area contributed by atoms with Crippen molar-refractivity contribution < 1.29 is 9.59 Å². The highest BCUT2D eigenvalue weighted by atomic mass is 16.2. The van der Waals surface area contributed by atoms with Crippen LogP contribution >= 0.6 is 0 Å². The molecule has 8 rings (SSSR count). The molecule has 0 atom stereocenters. The summed E-state index contributed by atoms with van der Waals surface area (Å²) in [7, 11) is 0. The molecule has 0 bridgehead atoms. The van der Waals surface area contributed by atoms with Gasteiger partial charge in [-0.15, -0.1) is 0 Å². The summed E-state index contributed by atoms with van der Waals surface area (Å²) >= 11 is 0. The number of aryl methyl sites for hydroxylation is 3. The van der Waals surface area contributed by atoms with Crippen LogP contribution in [0.4, 0.5) is 11.6 Å². The van der Waals surface area contributed by atoms with E-state index in [1.54, 1.807) is 72.5 Å². The summed E-state index contributed by atoms with van der Waals surface area (Å²) in [4.78, 5) is 71.4. The Bertz CT molecular complexity index is 2750. The van der Waals surface area contributed by atoms with E-state index in [9.17, 15) is 9.59 Å². The van der Waals surface area contributed by atoms with Crippen LogP contribution in [0.2, 0.25) is 0 Å². The quantitative estimate of drug-likeness (QED) is 0.147. The minimum Gasteiger partial charge on any atom is -0.325 e. The predicted molar refractivity (Wildman–Crippen MR) is 220 cm³/mol. The van der Waals surface area contributed by atoms with E-state index in [0.29, 0.717) is 46.8 Å². The maximum atomic E-state index is 13.6. The number of amides is 2. The number of hydrogen-bond donors (Lipinski definition) is 2. The number of rotatable bonds is 12. The molecule has 8 aromatic heterocycles. The van der Waals surface area contributed by atoms with Crippen LogP contribution in [-0.2, 0) is 29.1 Å². The zero-order chi connectivity index (χ0) is 40.9. The summed E-state index contributed by atoms with van der Waals surface area (Å²) in [6, 6.07) is 15.0. The third-order valence-corrected chi connectivity index (χ3v) is 9.50. The lowest BCUT2D eigenvalue weighted by Crippen LogP contribution is -2.21. The van der Waals surface area contributed by atoms with Crippen molar-refractivity contribution in [1.82, 2.24) is 59.0 Å². The first-order chi connectivity index (χ1) is 28.6. The van der Waals surface area contributed by atoms with Gasteiger partial charge in [-0.1, -0.05) is 0 Å². The second-order valence-corrected chi connectivity index (χ2v) is 13.8. The van der Waals surface area contributed by atoms with Crippen molar-refractivity contribution in [3.05, 3.63) is 145 Å². The Morgan fingerprint density at radius 2 is 1.20 bits per heavy atom. The van der Waals surface area contributed by atoms with Crippen LogP contribution in [-0.4, -0.2) is 70.8 Å². The monoisotopic (exact) mass is 782 g/mol. The highest BCUT2D eigenvalue weighted by Crippen LogP contribution is 2.27. The van der Waals surface area contributed by atoms with Crippen molar-refractivity contribution in [1.29, 1.82) is 0 Å². The lowest BCUT2D eigenvalue weighted by molar-refractivity contribution is -0.117. The van der Waals surface area contributed by atoms with E-state index in [-0.39, 0.29) is 24.9 Å². The topological polar surface area (TPSA) is 197 Å². The van der Waals surface area contributed by atoms with Crippen LogP contribution in [0, 0.1) is 27.7 Å². The van der Waals surface area contributed by atoms with Gasteiger partial charge in [0.05, 0.1) is 35.2 Å². The summed E-state index contributed by atoms with van der Waals surface area (Å²) in [5, 5.41) is 5.77. The van der Waals surface area contributed by atoms with Gasteiger partial charge in [-0.25, -0.2) is 19.9 Å². The van der Waals surface area contributed by atoms with Crippen molar-refractivity contribution in [2.24, 2.45) is 0 Å². The molecule has 59 heavy (non-hydrogen) atoms. The summed E-state index contributed by atoms with van der Waals surface area (Å²) in [5.74, 6) is 1.64. The van der Waals surface area contributed by atoms with E-state index in [0.717, 1.165) is 50.7 Å². The van der Waals surface area contributed by atoms with Gasteiger partial charge in [0.2, 0.25) is 11.8 Å². The molecule has 0 fully saturated rings. The third kappa shape index (κ3) is 8.91. The van der Waals surface area contributed by atoms with Crippen molar-refractivity contribution >= 4 is 23.5 Å². The van der Waals surface area contributed by atoms with Crippen molar-refractivity contribution in [2.45, 2.75) is 47.2 Å². The van der Waals surface area contributed by atoms with Crippen LogP contribution in [0.15, 0.2) is 110 Å². The minimum absolute atomic E-state index is 0.00718. The number of carbonyl (C=O) groups is 2. The van der Waals surface area contributed by atoms with Crippen molar-refractivity contribution in [3.8, 4) is 45.0 Å². The largest absolute Gasteiger partial charge is 0.325 e. The number of aromatic nitrogens is 12. The molecule has 0 aromatic carbocycles. The van der Waals surface area contributed by atoms with Crippen LogP contribution in [0.25, 0.3) is 45.0 Å². The third-order valence-electron chi connectivity index (χ3n) is 9.50. The minimum atomic E-state index is -0.266. The highest BCUT2D eigenvalue weighted by Gasteiger charge is 2.20. The highest BCUT2D eigenvalue weighted by molar-refractivity contribution is 5.90. The Morgan fingerprint density at radius 1 is 0.576 bits per heavy atom. The van der Waals surface area contributed by atoms with Crippen molar-refractivity contribution in [3.63, 3.8) is 0 Å². The molecular formula is C43H38N14O2. The molecule has 16 heteroatoms. The molecular weight excluding hydrogens is 745 g/mol. The van der Waals surface area contributed by atoms with E-state index in [2.05, 4.69) is 45.5 Å². The number of hydrogen-bond acceptors (Lipinski definition) is 12. The summed E-state index contributed by atoms with van der Waals surface area (Å²) in [5.41, 5.74) is 9.27. The van der Waals surface area contributed by atoms with E-state index in [4.69, 9.17) is 15.0 Å². The maximum absolute atomic E-state index is 13.6. The summed E-state index contributed by atoms with van der Waals surface area (Å²) in [6.07, 6.45) is 17.0. The van der Waals surface area contributed by atoms with Gasteiger partial charge in [-0.3, -0.25) is 39.5 Å². The van der Waals surface area contributed by atoms with Gasteiger partial charge < -0.3 is 19.8 Å². The van der Waals surface area contributed by atoms with Gasteiger partial charge in [0.1, 0.15) is 36.4 Å². The smallest absolute Gasteiger partial charge is 0.245 e. The molecule has 0 aliphatic heterocycles. The molecule has 16 nitrogen and oxygen atoms in total. The number of carbonyl (C=O) groups excluding carboxylic acids is 2. The molecule has 0 aliphatic rings. The lowest BCUT2D eigenvalue weighted by Gasteiger charge is -2.12. The van der Waals surface area contributed by atoms with E-state index in [1.165, 1.54) is 0 Å². The second-order valence-electron chi connectivity index (χ2n) is 13.8. The number of imidazole rings is 2. The fourth-order valence-electron chi connectivity index (χ4n) is 6.56. The van der Waals surface area contributed by atoms with E-state index in [1.807, 2.05) is 74.9 Å². The Kier molecular flexibility index (Phi) is 10.8. The average Bonchev–Trinajstić information content (AvgIpc) is 3.76. The van der Waals surface area contributed by atoms with Crippen LogP contribution in [0.5, 0.6) is 0 Å². The number of nitrogens with zero attached hydrogens (tertiary/aromatic N) is 12. The Morgan fingerprint density at radius 3 is 1.78 bits per heavy atom. The fourth-order valence-corrected chi connectivity index (χ4v) is 6.56. The first kappa shape index (κ1) is 38.0. The lowest BCUT2D eigenvalue weighted by atomic mass is 10.1. The zero-order valence-corrected chi connectivity index (χ0v) is 32.7. The first-order valence-corrected chi connectivity index (χ1v) is 18.7. The van der Waals surface area contributed by atoms with Gasteiger partial charge >= 0.3 is 0 Å². The average molecular weight is 783 g/mol. The molecule has 8 aromatic rings. The second kappa shape index (κ2) is 16.7. The first-order valence-electron chi connectivity index (χ1n) is 18.7. The molecule has 2 N–H and O–H groups in total. The van der Waals surface area contributed by atoms with Crippen LogP contribution in [0.1, 0.15) is 34.4 Å². The van der Waals surface area contributed by atoms with Gasteiger partial charge in [-0.2, -0.15) is 0 Å². The standard InChI is InChI=1S/C43H38N14O2/c1-26-5-6-32(20-48-26)43-28(3)57(25-42(59)54-39-10-8-31(19-50-39)36-22-45-12-14-47-36)40(55-43)17-34-16-33(15-27(2)51-34)37-23-56(29(4)52-37)24-41(58)53-38-9-7-30(18-49-38)35-21-44-11-13-46-35/h5-16,18-23H,17,24-25H2,1-4H3,(H,49,53,58)(H,50,54,59). The normalized spacial score (nSPS) is 11.1. The van der Waals surface area contributed by atoms with Gasteiger partial charge in [0, 0.05) is 101 Å². The Labute approximate surface area is 339 Å². The van der Waals surface area contributed by atoms with E-state index >= 15 is 0 Å². The van der Waals surface area contributed by atoms with E-state index < -0.39 is 0 Å². The molecule has 292 valence electrons. The van der Waals surface area contributed by atoms with Crippen LogP contribution < -0.4 is 10.6 Å². The summed E-state index contributed by atoms with van der Waals surface area (Å²) in [6.45, 7) is 7.68. The molecule has 0 aliphatic carbocycles. The fraction of sp³-hybridized carbons (Fsp3) is 0.163. The number of anilines is 2. The number of nitrogens with one attached hydrogen (secondary N) is 2. The molecule has 0 saturated carbocycles. The molecule has 0 radical (unpaired) electrons. The molecule has 0 unspecified atom stereocenters. The molecule has 0 saturated heterocycles. The maximum Gasteiger partial charge on any atom is 0.245 e. The number of pyridine rings is 4. The SMILES string of the molecule is Cc1ccc(-c2nc(Cc3cc(-c4cn(CC(=O)Nc5ccc(-c6cnccn6)cn5)c(C)n4)cc(C)n3)n(CC(=O)Nc3ccc(-c4cnccn4)cn3)c2C)cn1. The molecule has 8 heterocycles. The summed E-state index contributed by atoms with van der Waals surface area (Å²) < 4.78 is 3.69. The predicted octanol–water partition coefficient (Wildman–Crippen LogP) is 6.01. The van der Waals surface area contributed by atoms with Crippen molar-refractivity contribution in [2.75, 3.05) is 10.6 Å².